The van der Waals surface area contributed by atoms with Crippen molar-refractivity contribution in [2.45, 2.75) is 31.7 Å². The molecule has 0 bridgehead atoms. The van der Waals surface area contributed by atoms with Crippen LogP contribution in [0.1, 0.15) is 24.8 Å². The third kappa shape index (κ3) is 2.33. The molecule has 2 rings (SSSR count). The minimum atomic E-state index is 0.675. The van der Waals surface area contributed by atoms with Gasteiger partial charge in [-0.05, 0) is 49.9 Å². The van der Waals surface area contributed by atoms with Gasteiger partial charge in [-0.15, -0.1) is 0 Å². The molecule has 0 spiro atoms. The predicted octanol–water partition coefficient (Wildman–Crippen LogP) is 2.83. The lowest BCUT2D eigenvalue weighted by Crippen LogP contribution is -2.37. The lowest BCUT2D eigenvalue weighted by molar-refractivity contribution is 0.401. The monoisotopic (exact) mass is 238 g/mol. The summed E-state index contributed by atoms with van der Waals surface area (Å²) >= 11 is 6.30. The molecule has 1 saturated carbocycles. The van der Waals surface area contributed by atoms with Gasteiger partial charge in [-0.2, -0.15) is 0 Å². The van der Waals surface area contributed by atoms with E-state index in [1.54, 1.807) is 0 Å². The van der Waals surface area contributed by atoms with Crippen molar-refractivity contribution in [2.75, 3.05) is 18.5 Å². The van der Waals surface area contributed by atoms with Crippen LogP contribution < -0.4 is 10.6 Å². The first kappa shape index (κ1) is 11.7. The molecule has 0 unspecified atom stereocenters. The summed E-state index contributed by atoms with van der Waals surface area (Å²) in [4.78, 5) is 2.30. The van der Waals surface area contributed by atoms with E-state index in [9.17, 15) is 0 Å². The summed E-state index contributed by atoms with van der Waals surface area (Å²) in [6, 6.07) is 6.96. The Bertz CT molecular complexity index is 361. The van der Waals surface area contributed by atoms with Crippen LogP contribution >= 0.6 is 11.6 Å². The minimum absolute atomic E-state index is 0.675. The van der Waals surface area contributed by atoms with E-state index in [1.807, 2.05) is 6.07 Å². The Balaban J connectivity index is 2.14. The van der Waals surface area contributed by atoms with Crippen molar-refractivity contribution in [2.24, 2.45) is 5.73 Å². The van der Waals surface area contributed by atoms with Crippen molar-refractivity contribution in [3.8, 4) is 0 Å². The third-order valence-corrected chi connectivity index (χ3v) is 3.75. The van der Waals surface area contributed by atoms with Crippen molar-refractivity contribution in [3.05, 3.63) is 28.8 Å². The van der Waals surface area contributed by atoms with Crippen LogP contribution in [0.3, 0.4) is 0 Å². The zero-order valence-corrected chi connectivity index (χ0v) is 10.5. The summed E-state index contributed by atoms with van der Waals surface area (Å²) < 4.78 is 0. The van der Waals surface area contributed by atoms with Gasteiger partial charge < -0.3 is 10.6 Å². The molecule has 88 valence electrons. The number of halogens is 1. The van der Waals surface area contributed by atoms with Gasteiger partial charge >= 0.3 is 0 Å². The highest BCUT2D eigenvalue weighted by Crippen LogP contribution is 2.33. The van der Waals surface area contributed by atoms with E-state index in [-0.39, 0.29) is 0 Å². The number of nitrogens with zero attached hydrogens (tertiary/aromatic N) is 1. The molecule has 1 aliphatic carbocycles. The van der Waals surface area contributed by atoms with Gasteiger partial charge in [0.1, 0.15) is 0 Å². The van der Waals surface area contributed by atoms with E-state index in [1.165, 1.54) is 24.8 Å². The molecular formula is C13H19ClN2. The van der Waals surface area contributed by atoms with Crippen LogP contribution in [0.25, 0.3) is 0 Å². The quantitative estimate of drug-likeness (QED) is 0.874. The molecule has 0 aliphatic heterocycles. The molecule has 1 aromatic rings. The molecule has 0 atom stereocenters. The Hall–Kier alpha value is -0.730. The highest BCUT2D eigenvalue weighted by molar-refractivity contribution is 6.33. The van der Waals surface area contributed by atoms with Crippen molar-refractivity contribution in [1.82, 2.24) is 0 Å². The van der Waals surface area contributed by atoms with E-state index < -0.39 is 0 Å². The average Bonchev–Trinajstić information content (AvgIpc) is 2.15. The van der Waals surface area contributed by atoms with Crippen molar-refractivity contribution in [1.29, 1.82) is 0 Å². The predicted molar refractivity (Wildman–Crippen MR) is 70.3 cm³/mol. The fourth-order valence-electron chi connectivity index (χ4n) is 2.13. The van der Waals surface area contributed by atoms with Crippen molar-refractivity contribution in [3.63, 3.8) is 0 Å². The van der Waals surface area contributed by atoms with E-state index in [2.05, 4.69) is 24.1 Å². The van der Waals surface area contributed by atoms with Crippen LogP contribution in [0.4, 0.5) is 5.69 Å². The Morgan fingerprint density at radius 1 is 1.44 bits per heavy atom. The zero-order chi connectivity index (χ0) is 11.5. The molecule has 1 fully saturated rings. The molecule has 0 aromatic heterocycles. The number of hydrogen-bond acceptors (Lipinski definition) is 2. The van der Waals surface area contributed by atoms with Gasteiger partial charge in [0.15, 0.2) is 0 Å². The van der Waals surface area contributed by atoms with Crippen molar-refractivity contribution < 1.29 is 0 Å². The second-order valence-corrected chi connectivity index (χ2v) is 4.93. The summed E-state index contributed by atoms with van der Waals surface area (Å²) in [7, 11) is 2.13. The molecule has 0 heterocycles. The van der Waals surface area contributed by atoms with Crippen molar-refractivity contribution >= 4 is 17.3 Å². The number of benzene rings is 1. The van der Waals surface area contributed by atoms with Gasteiger partial charge in [-0.25, -0.2) is 0 Å². The van der Waals surface area contributed by atoms with Gasteiger partial charge in [0.2, 0.25) is 0 Å². The summed E-state index contributed by atoms with van der Waals surface area (Å²) in [5, 5.41) is 0.848. The number of hydrogen-bond donors (Lipinski definition) is 1. The normalized spacial score (nSPS) is 15.9. The molecular weight excluding hydrogens is 220 g/mol. The van der Waals surface area contributed by atoms with Gasteiger partial charge in [0, 0.05) is 13.1 Å². The summed E-state index contributed by atoms with van der Waals surface area (Å²) in [6.07, 6.45) is 4.82. The molecule has 0 radical (unpaired) electrons. The highest BCUT2D eigenvalue weighted by Gasteiger charge is 2.23. The molecule has 1 aromatic carbocycles. The summed E-state index contributed by atoms with van der Waals surface area (Å²) in [5.74, 6) is 0. The third-order valence-electron chi connectivity index (χ3n) is 3.45. The molecule has 1 aliphatic rings. The Labute approximate surface area is 102 Å². The molecule has 2 N–H and O–H groups in total. The van der Waals surface area contributed by atoms with E-state index in [0.29, 0.717) is 12.6 Å². The minimum Gasteiger partial charge on any atom is -0.370 e. The lowest BCUT2D eigenvalue weighted by atomic mass is 9.91. The highest BCUT2D eigenvalue weighted by atomic mass is 35.5. The second-order valence-electron chi connectivity index (χ2n) is 4.52. The Morgan fingerprint density at radius 3 is 2.69 bits per heavy atom. The Kier molecular flexibility index (Phi) is 3.72. The summed E-state index contributed by atoms with van der Waals surface area (Å²) in [5.41, 5.74) is 7.90. The second kappa shape index (κ2) is 5.07. The average molecular weight is 239 g/mol. The zero-order valence-electron chi connectivity index (χ0n) is 9.75. The first-order valence-corrected chi connectivity index (χ1v) is 6.31. The maximum absolute atomic E-state index is 6.30. The van der Waals surface area contributed by atoms with E-state index >= 15 is 0 Å². The molecule has 0 saturated heterocycles. The maximum Gasteiger partial charge on any atom is 0.0642 e. The standard InChI is InChI=1S/C13H19ClN2/c1-16(11-3-2-4-11)13-6-5-10(7-8-15)9-12(13)14/h5-6,9,11H,2-4,7-8,15H2,1H3. The van der Waals surface area contributed by atoms with Crippen LogP contribution in [0, 0.1) is 0 Å². The Morgan fingerprint density at radius 2 is 2.19 bits per heavy atom. The largest absolute Gasteiger partial charge is 0.370 e. The first-order valence-electron chi connectivity index (χ1n) is 5.93. The van der Waals surface area contributed by atoms with E-state index in [4.69, 9.17) is 17.3 Å². The van der Waals surface area contributed by atoms with Gasteiger partial charge in [0.05, 0.1) is 10.7 Å². The van der Waals surface area contributed by atoms with Crippen LogP contribution in [-0.4, -0.2) is 19.6 Å². The van der Waals surface area contributed by atoms with Crippen LogP contribution in [-0.2, 0) is 6.42 Å². The smallest absolute Gasteiger partial charge is 0.0642 e. The summed E-state index contributed by atoms with van der Waals surface area (Å²) in [6.45, 7) is 0.675. The number of rotatable bonds is 4. The topological polar surface area (TPSA) is 29.3 Å². The van der Waals surface area contributed by atoms with Gasteiger partial charge in [0.25, 0.3) is 0 Å². The van der Waals surface area contributed by atoms with Crippen LogP contribution in [0.5, 0.6) is 0 Å². The number of anilines is 1. The molecule has 0 amide bonds. The van der Waals surface area contributed by atoms with Crippen LogP contribution in [0.15, 0.2) is 18.2 Å². The van der Waals surface area contributed by atoms with E-state index in [0.717, 1.165) is 17.1 Å². The molecule has 16 heavy (non-hydrogen) atoms. The number of nitrogens with two attached hydrogens (primary N) is 1. The fraction of sp³-hybridized carbons (Fsp3) is 0.538. The molecule has 3 heteroatoms. The van der Waals surface area contributed by atoms with Crippen LogP contribution in [0.2, 0.25) is 5.02 Å². The lowest BCUT2D eigenvalue weighted by Gasteiger charge is -2.36. The van der Waals surface area contributed by atoms with Gasteiger partial charge in [-0.1, -0.05) is 17.7 Å². The molecule has 2 nitrogen and oxygen atoms in total. The maximum atomic E-state index is 6.30. The van der Waals surface area contributed by atoms with Gasteiger partial charge in [-0.3, -0.25) is 0 Å². The fourth-order valence-corrected chi connectivity index (χ4v) is 2.47. The SMILES string of the molecule is CN(c1ccc(CCN)cc1Cl)C1CCC1. The first-order chi connectivity index (χ1) is 7.72.